The first kappa shape index (κ1) is 14.2. The van der Waals surface area contributed by atoms with Crippen LogP contribution in [0.5, 0.6) is 5.88 Å². The Morgan fingerprint density at radius 1 is 1.50 bits per heavy atom. The molecule has 1 heterocycles. The lowest BCUT2D eigenvalue weighted by atomic mass is 9.97. The minimum atomic E-state index is -0.799. The molecule has 0 aliphatic heterocycles. The molecule has 0 radical (unpaired) electrons. The van der Waals surface area contributed by atoms with E-state index in [1.807, 2.05) is 13.8 Å². The van der Waals surface area contributed by atoms with Gasteiger partial charge in [0.1, 0.15) is 5.82 Å². The van der Waals surface area contributed by atoms with Crippen molar-refractivity contribution in [3.63, 3.8) is 0 Å². The highest BCUT2D eigenvalue weighted by atomic mass is 16.5. The molecule has 0 fully saturated rings. The topological polar surface area (TPSA) is 84.3 Å². The summed E-state index contributed by atoms with van der Waals surface area (Å²) >= 11 is 0. The number of anilines is 1. The Bertz CT molecular complexity index is 396. The summed E-state index contributed by atoms with van der Waals surface area (Å²) in [6.45, 7) is 4.33. The highest BCUT2D eigenvalue weighted by Gasteiger charge is 2.18. The van der Waals surface area contributed by atoms with Crippen molar-refractivity contribution >= 4 is 11.8 Å². The van der Waals surface area contributed by atoms with Gasteiger partial charge in [-0.05, 0) is 12.3 Å². The molecule has 18 heavy (non-hydrogen) atoms. The Morgan fingerprint density at radius 2 is 2.22 bits per heavy atom. The number of methoxy groups -OCH3 is 1. The van der Waals surface area contributed by atoms with Crippen molar-refractivity contribution in [3.05, 3.63) is 12.4 Å². The van der Waals surface area contributed by atoms with Crippen molar-refractivity contribution < 1.29 is 14.6 Å². The predicted octanol–water partition coefficient (Wildman–Crippen LogP) is 1.64. The van der Waals surface area contributed by atoms with Crippen LogP contribution in [-0.4, -0.2) is 34.7 Å². The highest BCUT2D eigenvalue weighted by Crippen LogP contribution is 2.14. The minimum absolute atomic E-state index is 0.329. The molecule has 0 aliphatic carbocycles. The standard InChI is InChI=1S/C12H19N3O3/c1-8(2)4-9(12(16)17)5-14-10-6-13-7-11(15-10)18-3/h6-9H,4-5H2,1-3H3,(H,14,15)(H,16,17). The van der Waals surface area contributed by atoms with Crippen molar-refractivity contribution in [1.82, 2.24) is 9.97 Å². The zero-order valence-corrected chi connectivity index (χ0v) is 10.9. The molecule has 1 unspecified atom stereocenters. The van der Waals surface area contributed by atoms with Crippen molar-refractivity contribution in [3.8, 4) is 5.88 Å². The summed E-state index contributed by atoms with van der Waals surface area (Å²) in [5.74, 6) is 0.0226. The lowest BCUT2D eigenvalue weighted by molar-refractivity contribution is -0.141. The van der Waals surface area contributed by atoms with E-state index < -0.39 is 11.9 Å². The van der Waals surface area contributed by atoms with Crippen LogP contribution in [0.3, 0.4) is 0 Å². The first-order valence-electron chi connectivity index (χ1n) is 5.85. The Labute approximate surface area is 106 Å². The Morgan fingerprint density at radius 3 is 2.78 bits per heavy atom. The molecular weight excluding hydrogens is 234 g/mol. The summed E-state index contributed by atoms with van der Waals surface area (Å²) in [6, 6.07) is 0. The quantitative estimate of drug-likeness (QED) is 0.768. The number of ether oxygens (including phenoxy) is 1. The van der Waals surface area contributed by atoms with Crippen LogP contribution in [0, 0.1) is 11.8 Å². The Balaban J connectivity index is 2.58. The number of carbonyl (C=O) groups is 1. The van der Waals surface area contributed by atoms with Gasteiger partial charge in [0.15, 0.2) is 0 Å². The molecule has 0 saturated carbocycles. The molecule has 0 bridgehead atoms. The van der Waals surface area contributed by atoms with Gasteiger partial charge in [0.05, 0.1) is 25.4 Å². The molecule has 1 rings (SSSR count). The van der Waals surface area contributed by atoms with E-state index in [1.165, 1.54) is 19.5 Å². The molecule has 0 amide bonds. The summed E-state index contributed by atoms with van der Waals surface area (Å²) in [7, 11) is 1.51. The maximum Gasteiger partial charge on any atom is 0.308 e. The number of nitrogens with zero attached hydrogens (tertiary/aromatic N) is 2. The second kappa shape index (κ2) is 6.78. The van der Waals surface area contributed by atoms with Crippen molar-refractivity contribution in [2.24, 2.45) is 11.8 Å². The van der Waals surface area contributed by atoms with E-state index in [0.29, 0.717) is 30.6 Å². The zero-order chi connectivity index (χ0) is 13.5. The fraction of sp³-hybridized carbons (Fsp3) is 0.583. The van der Waals surface area contributed by atoms with E-state index in [0.717, 1.165) is 0 Å². The summed E-state index contributed by atoms with van der Waals surface area (Å²) in [4.78, 5) is 19.1. The second-order valence-electron chi connectivity index (χ2n) is 4.49. The van der Waals surface area contributed by atoms with E-state index in [1.54, 1.807) is 0 Å². The number of hydrogen-bond acceptors (Lipinski definition) is 5. The van der Waals surface area contributed by atoms with Crippen LogP contribution < -0.4 is 10.1 Å². The van der Waals surface area contributed by atoms with Crippen LogP contribution in [0.15, 0.2) is 12.4 Å². The average molecular weight is 253 g/mol. The Kier molecular flexibility index (Phi) is 5.35. The molecule has 1 aromatic rings. The number of carboxylic acids is 1. The van der Waals surface area contributed by atoms with Gasteiger partial charge in [0.25, 0.3) is 0 Å². The summed E-state index contributed by atoms with van der Waals surface area (Å²) < 4.78 is 4.94. The van der Waals surface area contributed by atoms with Gasteiger partial charge in [-0.15, -0.1) is 0 Å². The van der Waals surface area contributed by atoms with E-state index >= 15 is 0 Å². The number of carboxylic acid groups (broad SMARTS) is 1. The molecule has 0 aromatic carbocycles. The van der Waals surface area contributed by atoms with E-state index in [2.05, 4.69) is 15.3 Å². The van der Waals surface area contributed by atoms with Crippen LogP contribution in [-0.2, 0) is 4.79 Å². The smallest absolute Gasteiger partial charge is 0.308 e. The first-order chi connectivity index (χ1) is 8.52. The van der Waals surface area contributed by atoms with Crippen LogP contribution >= 0.6 is 0 Å². The number of hydrogen-bond donors (Lipinski definition) is 2. The predicted molar refractivity (Wildman–Crippen MR) is 67.7 cm³/mol. The molecule has 1 aromatic heterocycles. The van der Waals surface area contributed by atoms with Gasteiger partial charge in [-0.2, -0.15) is 4.98 Å². The van der Waals surface area contributed by atoms with E-state index in [-0.39, 0.29) is 0 Å². The summed E-state index contributed by atoms with van der Waals surface area (Å²) in [6.07, 6.45) is 3.66. The molecule has 6 heteroatoms. The number of aliphatic carboxylic acids is 1. The fourth-order valence-corrected chi connectivity index (χ4v) is 1.60. The van der Waals surface area contributed by atoms with Crippen LogP contribution in [0.2, 0.25) is 0 Å². The summed E-state index contributed by atoms with van der Waals surface area (Å²) in [5.41, 5.74) is 0. The monoisotopic (exact) mass is 253 g/mol. The minimum Gasteiger partial charge on any atom is -0.481 e. The lowest BCUT2D eigenvalue weighted by Gasteiger charge is -2.15. The third-order valence-corrected chi connectivity index (χ3v) is 2.46. The molecule has 6 nitrogen and oxygen atoms in total. The number of nitrogens with one attached hydrogen (secondary N) is 1. The van der Waals surface area contributed by atoms with Crippen molar-refractivity contribution in [2.45, 2.75) is 20.3 Å². The van der Waals surface area contributed by atoms with Gasteiger partial charge in [-0.1, -0.05) is 13.8 Å². The first-order valence-corrected chi connectivity index (χ1v) is 5.85. The van der Waals surface area contributed by atoms with Gasteiger partial charge >= 0.3 is 5.97 Å². The van der Waals surface area contributed by atoms with Crippen molar-refractivity contribution in [1.29, 1.82) is 0 Å². The average Bonchev–Trinajstić information content (AvgIpc) is 2.34. The molecule has 0 saturated heterocycles. The van der Waals surface area contributed by atoms with Gasteiger partial charge in [-0.25, -0.2) is 0 Å². The van der Waals surface area contributed by atoms with Crippen molar-refractivity contribution in [2.75, 3.05) is 19.0 Å². The molecular formula is C12H19N3O3. The third-order valence-electron chi connectivity index (χ3n) is 2.46. The van der Waals surface area contributed by atoms with Crippen LogP contribution in [0.25, 0.3) is 0 Å². The van der Waals surface area contributed by atoms with Gasteiger partial charge in [0, 0.05) is 6.54 Å². The number of rotatable bonds is 7. The highest BCUT2D eigenvalue weighted by molar-refractivity contribution is 5.70. The lowest BCUT2D eigenvalue weighted by Crippen LogP contribution is -2.24. The SMILES string of the molecule is COc1cncc(NCC(CC(C)C)C(=O)O)n1. The largest absolute Gasteiger partial charge is 0.481 e. The van der Waals surface area contributed by atoms with Crippen LogP contribution in [0.1, 0.15) is 20.3 Å². The third kappa shape index (κ3) is 4.57. The van der Waals surface area contributed by atoms with Gasteiger partial charge in [-0.3, -0.25) is 9.78 Å². The van der Waals surface area contributed by atoms with E-state index in [4.69, 9.17) is 9.84 Å². The molecule has 1 atom stereocenters. The second-order valence-corrected chi connectivity index (χ2v) is 4.49. The molecule has 2 N–H and O–H groups in total. The Hall–Kier alpha value is -1.85. The van der Waals surface area contributed by atoms with Crippen LogP contribution in [0.4, 0.5) is 5.82 Å². The van der Waals surface area contributed by atoms with Gasteiger partial charge in [0.2, 0.25) is 5.88 Å². The maximum absolute atomic E-state index is 11.1. The maximum atomic E-state index is 11.1. The van der Waals surface area contributed by atoms with E-state index in [9.17, 15) is 4.79 Å². The normalized spacial score (nSPS) is 12.2. The molecule has 0 aliphatic rings. The summed E-state index contributed by atoms with van der Waals surface area (Å²) in [5, 5.41) is 12.1. The molecule has 100 valence electrons. The number of aromatic nitrogens is 2. The molecule has 0 spiro atoms. The fourth-order valence-electron chi connectivity index (χ4n) is 1.60. The van der Waals surface area contributed by atoms with Gasteiger partial charge < -0.3 is 15.2 Å². The zero-order valence-electron chi connectivity index (χ0n) is 10.9.